The number of benzene rings is 3. The summed E-state index contributed by atoms with van der Waals surface area (Å²) in [5.74, 6) is 0. The van der Waals surface area contributed by atoms with Crippen molar-refractivity contribution < 1.29 is 4.42 Å². The number of hydrogen-bond donors (Lipinski definition) is 0. The Labute approximate surface area is 129 Å². The zero-order valence-corrected chi connectivity index (χ0v) is 12.3. The van der Waals surface area contributed by atoms with E-state index in [1.165, 1.54) is 27.5 Å². The maximum Gasteiger partial charge on any atom is 0.136 e. The average Bonchev–Trinajstić information content (AvgIpc) is 2.94. The number of allylic oxidation sites excluding steroid dienone is 1. The summed E-state index contributed by atoms with van der Waals surface area (Å²) in [5, 5.41) is 2.36. The monoisotopic (exact) mass is 284 g/mol. The molecule has 0 aliphatic rings. The van der Waals surface area contributed by atoms with E-state index in [1.54, 1.807) is 0 Å². The molecule has 1 aromatic heterocycles. The molecule has 0 spiro atoms. The van der Waals surface area contributed by atoms with Crippen LogP contribution in [0.5, 0.6) is 0 Å². The number of furan rings is 1. The van der Waals surface area contributed by atoms with Crippen LogP contribution in [0.25, 0.3) is 33.1 Å². The van der Waals surface area contributed by atoms with Crippen molar-refractivity contribution in [2.75, 3.05) is 0 Å². The van der Waals surface area contributed by atoms with Crippen LogP contribution in [0.4, 0.5) is 0 Å². The van der Waals surface area contributed by atoms with Gasteiger partial charge in [-0.1, -0.05) is 60.7 Å². The third kappa shape index (κ3) is 1.94. The minimum absolute atomic E-state index is 0.847. The van der Waals surface area contributed by atoms with E-state index in [4.69, 9.17) is 4.42 Å². The molecular formula is C21H16O. The van der Waals surface area contributed by atoms with E-state index in [2.05, 4.69) is 55.1 Å². The Bertz CT molecular complexity index is 961. The fourth-order valence-electron chi connectivity index (χ4n) is 3.12. The Kier molecular flexibility index (Phi) is 3.05. The van der Waals surface area contributed by atoms with Gasteiger partial charge in [0.1, 0.15) is 11.2 Å². The highest BCUT2D eigenvalue weighted by Gasteiger charge is 2.15. The molecule has 1 nitrogen and oxygen atoms in total. The number of para-hydroxylation sites is 1. The molecule has 0 amide bonds. The van der Waals surface area contributed by atoms with Gasteiger partial charge in [-0.2, -0.15) is 0 Å². The molecule has 106 valence electrons. The van der Waals surface area contributed by atoms with Crippen molar-refractivity contribution in [3.8, 4) is 11.1 Å². The van der Waals surface area contributed by atoms with Gasteiger partial charge in [0, 0.05) is 10.8 Å². The van der Waals surface area contributed by atoms with Gasteiger partial charge in [-0.05, 0) is 35.2 Å². The van der Waals surface area contributed by atoms with E-state index >= 15 is 0 Å². The fourth-order valence-corrected chi connectivity index (χ4v) is 3.12. The Morgan fingerprint density at radius 2 is 1.59 bits per heavy atom. The van der Waals surface area contributed by atoms with Gasteiger partial charge in [-0.3, -0.25) is 0 Å². The average molecular weight is 284 g/mol. The predicted octanol–water partition coefficient (Wildman–Crippen LogP) is 5.98. The fraction of sp³-hybridized carbons (Fsp3) is 0.0476. The first-order valence-corrected chi connectivity index (χ1v) is 7.48. The van der Waals surface area contributed by atoms with Crippen LogP contribution in [0.15, 0.2) is 83.8 Å². The summed E-state index contributed by atoms with van der Waals surface area (Å²) in [6.07, 6.45) is 2.80. The second-order valence-corrected chi connectivity index (χ2v) is 5.43. The summed E-state index contributed by atoms with van der Waals surface area (Å²) < 4.78 is 6.02. The van der Waals surface area contributed by atoms with Crippen LogP contribution >= 0.6 is 0 Å². The Balaban J connectivity index is 2.17. The SMILES string of the molecule is C=CCc1ccc2oc3ccccc3c2c1-c1ccccc1. The van der Waals surface area contributed by atoms with Gasteiger partial charge in [-0.15, -0.1) is 6.58 Å². The van der Waals surface area contributed by atoms with E-state index in [1.807, 2.05) is 24.3 Å². The highest BCUT2D eigenvalue weighted by molar-refractivity contribution is 6.13. The van der Waals surface area contributed by atoms with Crippen molar-refractivity contribution in [3.05, 3.63) is 84.9 Å². The molecule has 0 unspecified atom stereocenters. The third-order valence-electron chi connectivity index (χ3n) is 4.06. The highest BCUT2D eigenvalue weighted by Crippen LogP contribution is 2.38. The molecule has 0 bridgehead atoms. The van der Waals surface area contributed by atoms with Crippen LogP contribution < -0.4 is 0 Å². The quantitative estimate of drug-likeness (QED) is 0.422. The zero-order valence-electron chi connectivity index (χ0n) is 12.3. The predicted molar refractivity (Wildman–Crippen MR) is 93.1 cm³/mol. The lowest BCUT2D eigenvalue weighted by Crippen LogP contribution is -1.89. The van der Waals surface area contributed by atoms with Crippen LogP contribution in [0.2, 0.25) is 0 Å². The minimum atomic E-state index is 0.847. The van der Waals surface area contributed by atoms with Crippen molar-refractivity contribution in [1.82, 2.24) is 0 Å². The van der Waals surface area contributed by atoms with Crippen LogP contribution in [0, 0.1) is 0 Å². The number of fused-ring (bicyclic) bond motifs is 3. The lowest BCUT2D eigenvalue weighted by atomic mass is 9.93. The van der Waals surface area contributed by atoms with Crippen LogP contribution in [-0.4, -0.2) is 0 Å². The smallest absolute Gasteiger partial charge is 0.136 e. The van der Waals surface area contributed by atoms with Crippen LogP contribution in [0.3, 0.4) is 0 Å². The van der Waals surface area contributed by atoms with Crippen molar-refractivity contribution >= 4 is 21.9 Å². The first kappa shape index (κ1) is 12.9. The summed E-state index contributed by atoms with van der Waals surface area (Å²) in [5.41, 5.74) is 5.62. The summed E-state index contributed by atoms with van der Waals surface area (Å²) in [6, 6.07) is 23.0. The van der Waals surface area contributed by atoms with Gasteiger partial charge in [0.2, 0.25) is 0 Å². The van der Waals surface area contributed by atoms with Gasteiger partial charge < -0.3 is 4.42 Å². The molecule has 0 radical (unpaired) electrons. The van der Waals surface area contributed by atoms with Gasteiger partial charge in [0.15, 0.2) is 0 Å². The summed E-state index contributed by atoms with van der Waals surface area (Å²) in [7, 11) is 0. The molecule has 0 saturated carbocycles. The maximum absolute atomic E-state index is 6.02. The van der Waals surface area contributed by atoms with Gasteiger partial charge >= 0.3 is 0 Å². The molecular weight excluding hydrogens is 268 g/mol. The van der Waals surface area contributed by atoms with Crippen molar-refractivity contribution in [3.63, 3.8) is 0 Å². The first-order chi connectivity index (χ1) is 10.9. The Hall–Kier alpha value is -2.80. The summed E-state index contributed by atoms with van der Waals surface area (Å²) >= 11 is 0. The van der Waals surface area contributed by atoms with E-state index in [0.717, 1.165) is 17.6 Å². The van der Waals surface area contributed by atoms with Crippen molar-refractivity contribution in [2.45, 2.75) is 6.42 Å². The molecule has 1 heteroatoms. The lowest BCUT2D eigenvalue weighted by molar-refractivity contribution is 0.669. The molecule has 4 aromatic rings. The van der Waals surface area contributed by atoms with Crippen molar-refractivity contribution in [2.24, 2.45) is 0 Å². The first-order valence-electron chi connectivity index (χ1n) is 7.48. The van der Waals surface area contributed by atoms with Gasteiger partial charge in [-0.25, -0.2) is 0 Å². The highest BCUT2D eigenvalue weighted by atomic mass is 16.3. The van der Waals surface area contributed by atoms with E-state index in [9.17, 15) is 0 Å². The second kappa shape index (κ2) is 5.19. The summed E-state index contributed by atoms with van der Waals surface area (Å²) in [4.78, 5) is 0. The molecule has 0 N–H and O–H groups in total. The lowest BCUT2D eigenvalue weighted by Gasteiger charge is -2.10. The second-order valence-electron chi connectivity index (χ2n) is 5.43. The molecule has 0 aliphatic heterocycles. The number of rotatable bonds is 3. The van der Waals surface area contributed by atoms with E-state index in [-0.39, 0.29) is 0 Å². The molecule has 22 heavy (non-hydrogen) atoms. The van der Waals surface area contributed by atoms with E-state index < -0.39 is 0 Å². The third-order valence-corrected chi connectivity index (χ3v) is 4.06. The molecule has 1 heterocycles. The molecule has 3 aromatic carbocycles. The van der Waals surface area contributed by atoms with Crippen LogP contribution in [-0.2, 0) is 6.42 Å². The molecule has 4 rings (SSSR count). The van der Waals surface area contributed by atoms with Crippen molar-refractivity contribution in [1.29, 1.82) is 0 Å². The van der Waals surface area contributed by atoms with Crippen LogP contribution in [0.1, 0.15) is 5.56 Å². The molecule has 0 fully saturated rings. The largest absolute Gasteiger partial charge is 0.456 e. The van der Waals surface area contributed by atoms with E-state index in [0.29, 0.717) is 0 Å². The number of hydrogen-bond acceptors (Lipinski definition) is 1. The molecule has 0 aliphatic carbocycles. The van der Waals surface area contributed by atoms with Gasteiger partial charge in [0.05, 0.1) is 0 Å². The topological polar surface area (TPSA) is 13.1 Å². The molecule has 0 saturated heterocycles. The molecule has 0 atom stereocenters. The summed E-state index contributed by atoms with van der Waals surface area (Å²) in [6.45, 7) is 3.90. The Morgan fingerprint density at radius 3 is 2.41 bits per heavy atom. The standard InChI is InChI=1S/C21H16O/c1-2-8-15-13-14-19-21(17-11-6-7-12-18(17)22-19)20(15)16-9-4-3-5-10-16/h2-7,9-14H,1,8H2. The van der Waals surface area contributed by atoms with Gasteiger partial charge in [0.25, 0.3) is 0 Å². The normalized spacial score (nSPS) is 11.1. The Morgan fingerprint density at radius 1 is 0.818 bits per heavy atom. The zero-order chi connectivity index (χ0) is 14.9. The minimum Gasteiger partial charge on any atom is -0.456 e. The maximum atomic E-state index is 6.02.